The first-order valence-corrected chi connectivity index (χ1v) is 3.64. The average molecular weight is 179 g/mol. The highest BCUT2D eigenvalue weighted by Crippen LogP contribution is 2.30. The molecule has 1 rings (SSSR count). The van der Waals surface area contributed by atoms with E-state index in [1.807, 2.05) is 6.07 Å². The summed E-state index contributed by atoms with van der Waals surface area (Å²) in [6.45, 7) is -0.0405. The van der Waals surface area contributed by atoms with Gasteiger partial charge in [0.15, 0.2) is 18.1 Å². The smallest absolute Gasteiger partial charge is 0.174 e. The van der Waals surface area contributed by atoms with Crippen LogP contribution < -0.4 is 9.47 Å². The largest absolute Gasteiger partial charge is 0.508 e. The molecular formula is C9H9NO3. The third-order valence-electron chi connectivity index (χ3n) is 1.44. The molecule has 0 atom stereocenters. The topological polar surface area (TPSA) is 62.5 Å². The number of phenolic OH excluding ortho intramolecular Hbond substituents is 1. The summed E-state index contributed by atoms with van der Waals surface area (Å²) in [7, 11) is 1.47. The molecule has 1 aromatic carbocycles. The van der Waals surface area contributed by atoms with E-state index in [1.165, 1.54) is 19.2 Å². The summed E-state index contributed by atoms with van der Waals surface area (Å²) in [4.78, 5) is 0. The van der Waals surface area contributed by atoms with Crippen molar-refractivity contribution in [3.05, 3.63) is 18.2 Å². The fraction of sp³-hybridized carbons (Fsp3) is 0.222. The number of nitrogens with zero attached hydrogens (tertiary/aromatic N) is 1. The van der Waals surface area contributed by atoms with E-state index in [9.17, 15) is 0 Å². The van der Waals surface area contributed by atoms with Gasteiger partial charge in [0, 0.05) is 6.07 Å². The lowest BCUT2D eigenvalue weighted by Gasteiger charge is -2.07. The Morgan fingerprint density at radius 3 is 2.85 bits per heavy atom. The summed E-state index contributed by atoms with van der Waals surface area (Å²) in [5.74, 6) is 0.957. The lowest BCUT2D eigenvalue weighted by molar-refractivity contribution is 0.327. The number of methoxy groups -OCH3 is 1. The first-order valence-electron chi connectivity index (χ1n) is 3.64. The first kappa shape index (κ1) is 9.20. The van der Waals surface area contributed by atoms with Gasteiger partial charge in [-0.15, -0.1) is 0 Å². The van der Waals surface area contributed by atoms with Crippen molar-refractivity contribution in [2.45, 2.75) is 0 Å². The zero-order valence-corrected chi connectivity index (χ0v) is 7.15. The third-order valence-corrected chi connectivity index (χ3v) is 1.44. The molecule has 1 aromatic rings. The van der Waals surface area contributed by atoms with Crippen molar-refractivity contribution in [1.29, 1.82) is 5.26 Å². The normalized spacial score (nSPS) is 8.92. The molecule has 0 bridgehead atoms. The van der Waals surface area contributed by atoms with Crippen molar-refractivity contribution in [3.8, 4) is 23.3 Å². The second kappa shape index (κ2) is 4.21. The molecule has 13 heavy (non-hydrogen) atoms. The average Bonchev–Trinajstić information content (AvgIpc) is 2.16. The van der Waals surface area contributed by atoms with Gasteiger partial charge < -0.3 is 14.6 Å². The van der Waals surface area contributed by atoms with E-state index in [4.69, 9.17) is 19.8 Å². The lowest BCUT2D eigenvalue weighted by atomic mass is 10.3. The first-order chi connectivity index (χ1) is 6.27. The molecule has 4 heteroatoms. The van der Waals surface area contributed by atoms with Crippen molar-refractivity contribution in [2.75, 3.05) is 13.7 Å². The van der Waals surface area contributed by atoms with Crippen molar-refractivity contribution in [1.82, 2.24) is 0 Å². The number of ether oxygens (including phenoxy) is 2. The minimum atomic E-state index is -0.0405. The maximum atomic E-state index is 9.09. The lowest BCUT2D eigenvalue weighted by Crippen LogP contribution is -1.96. The van der Waals surface area contributed by atoms with Gasteiger partial charge in [-0.05, 0) is 12.1 Å². The van der Waals surface area contributed by atoms with Crippen molar-refractivity contribution in [3.63, 3.8) is 0 Å². The molecule has 0 saturated heterocycles. The summed E-state index contributed by atoms with van der Waals surface area (Å²) in [5.41, 5.74) is 0. The van der Waals surface area contributed by atoms with Crippen molar-refractivity contribution < 1.29 is 14.6 Å². The summed E-state index contributed by atoms with van der Waals surface area (Å²) in [5, 5.41) is 17.4. The third kappa shape index (κ3) is 2.27. The standard InChI is InChI=1S/C9H9NO3/c1-12-9-6-7(11)2-3-8(9)13-5-4-10/h2-3,6,11H,5H2,1H3. The van der Waals surface area contributed by atoms with Gasteiger partial charge in [0.2, 0.25) is 0 Å². The van der Waals surface area contributed by atoms with E-state index in [0.717, 1.165) is 0 Å². The molecule has 0 aliphatic rings. The number of hydrogen-bond acceptors (Lipinski definition) is 4. The Labute approximate surface area is 75.9 Å². The minimum absolute atomic E-state index is 0.0405. The fourth-order valence-corrected chi connectivity index (χ4v) is 0.886. The second-order valence-corrected chi connectivity index (χ2v) is 2.28. The quantitative estimate of drug-likeness (QED) is 0.759. The Morgan fingerprint density at radius 1 is 1.46 bits per heavy atom. The van der Waals surface area contributed by atoms with Crippen LogP contribution in [-0.4, -0.2) is 18.8 Å². The Morgan fingerprint density at radius 2 is 2.23 bits per heavy atom. The van der Waals surface area contributed by atoms with Crippen LogP contribution in [0.15, 0.2) is 18.2 Å². The maximum absolute atomic E-state index is 9.09. The summed E-state index contributed by atoms with van der Waals surface area (Å²) < 4.78 is 9.96. The zero-order valence-electron chi connectivity index (χ0n) is 7.15. The Balaban J connectivity index is 2.87. The van der Waals surface area contributed by atoms with Gasteiger partial charge in [-0.3, -0.25) is 0 Å². The van der Waals surface area contributed by atoms with Gasteiger partial charge in [-0.2, -0.15) is 5.26 Å². The van der Waals surface area contributed by atoms with E-state index in [2.05, 4.69) is 0 Å². The predicted octanol–water partition coefficient (Wildman–Crippen LogP) is 1.30. The molecule has 0 aliphatic carbocycles. The number of nitriles is 1. The molecule has 0 aliphatic heterocycles. The van der Waals surface area contributed by atoms with Crippen LogP contribution in [0.4, 0.5) is 0 Å². The molecule has 68 valence electrons. The molecule has 0 saturated carbocycles. The monoisotopic (exact) mass is 179 g/mol. The van der Waals surface area contributed by atoms with Crippen LogP contribution in [0.25, 0.3) is 0 Å². The highest BCUT2D eigenvalue weighted by molar-refractivity contribution is 5.44. The van der Waals surface area contributed by atoms with Crippen molar-refractivity contribution in [2.24, 2.45) is 0 Å². The zero-order chi connectivity index (χ0) is 9.68. The predicted molar refractivity (Wildman–Crippen MR) is 45.8 cm³/mol. The number of benzene rings is 1. The fourth-order valence-electron chi connectivity index (χ4n) is 0.886. The highest BCUT2D eigenvalue weighted by Gasteiger charge is 2.04. The minimum Gasteiger partial charge on any atom is -0.508 e. The van der Waals surface area contributed by atoms with Crippen molar-refractivity contribution >= 4 is 0 Å². The SMILES string of the molecule is COc1cc(O)ccc1OCC#N. The Kier molecular flexibility index (Phi) is 2.98. The van der Waals surface area contributed by atoms with Gasteiger partial charge in [-0.1, -0.05) is 0 Å². The molecule has 0 heterocycles. The van der Waals surface area contributed by atoms with Gasteiger partial charge >= 0.3 is 0 Å². The number of aromatic hydroxyl groups is 1. The van der Waals surface area contributed by atoms with Crippen LogP contribution in [0.3, 0.4) is 0 Å². The molecule has 0 radical (unpaired) electrons. The highest BCUT2D eigenvalue weighted by atomic mass is 16.5. The molecule has 1 N–H and O–H groups in total. The van der Waals surface area contributed by atoms with Gasteiger partial charge in [0.25, 0.3) is 0 Å². The van der Waals surface area contributed by atoms with Gasteiger partial charge in [0.1, 0.15) is 11.8 Å². The molecule has 4 nitrogen and oxygen atoms in total. The van der Waals surface area contributed by atoms with Crippen LogP contribution in [0.2, 0.25) is 0 Å². The Bertz CT molecular complexity index is 330. The van der Waals surface area contributed by atoms with Crippen LogP contribution >= 0.6 is 0 Å². The van der Waals surface area contributed by atoms with Crippen LogP contribution in [-0.2, 0) is 0 Å². The molecule has 0 fully saturated rings. The summed E-state index contributed by atoms with van der Waals surface area (Å²) >= 11 is 0. The van der Waals surface area contributed by atoms with E-state index >= 15 is 0 Å². The Hall–Kier alpha value is -1.89. The van der Waals surface area contributed by atoms with Crippen LogP contribution in [0.1, 0.15) is 0 Å². The van der Waals surface area contributed by atoms with E-state index in [0.29, 0.717) is 11.5 Å². The number of phenols is 1. The molecule has 0 aromatic heterocycles. The summed E-state index contributed by atoms with van der Waals surface area (Å²) in [6.07, 6.45) is 0. The molecule has 0 unspecified atom stereocenters. The van der Waals surface area contributed by atoms with Gasteiger partial charge in [0.05, 0.1) is 7.11 Å². The van der Waals surface area contributed by atoms with E-state index in [-0.39, 0.29) is 12.4 Å². The summed E-state index contributed by atoms with van der Waals surface area (Å²) in [6, 6.07) is 6.28. The van der Waals surface area contributed by atoms with Gasteiger partial charge in [-0.25, -0.2) is 0 Å². The molecular weight excluding hydrogens is 170 g/mol. The van der Waals surface area contributed by atoms with Crippen LogP contribution in [0.5, 0.6) is 17.2 Å². The molecule has 0 amide bonds. The second-order valence-electron chi connectivity index (χ2n) is 2.28. The number of hydrogen-bond donors (Lipinski definition) is 1. The van der Waals surface area contributed by atoms with Crippen LogP contribution in [0, 0.1) is 11.3 Å². The maximum Gasteiger partial charge on any atom is 0.174 e. The van der Waals surface area contributed by atoms with E-state index in [1.54, 1.807) is 6.07 Å². The number of rotatable bonds is 3. The molecule has 0 spiro atoms. The van der Waals surface area contributed by atoms with E-state index < -0.39 is 0 Å².